The number of ether oxygens (including phenoxy) is 1. The molecule has 0 atom stereocenters. The van der Waals surface area contributed by atoms with Gasteiger partial charge in [-0.25, -0.2) is 0 Å². The molecule has 0 spiro atoms. The van der Waals surface area contributed by atoms with E-state index in [9.17, 15) is 9.59 Å². The highest BCUT2D eigenvalue weighted by Gasteiger charge is 2.33. The SMILES string of the molecule is CCOc1cc2c(cc1/C=C1\SC(=S)N(CC(=O)O)C1=O)CCC2. The predicted molar refractivity (Wildman–Crippen MR) is 97.2 cm³/mol. The minimum Gasteiger partial charge on any atom is -0.493 e. The molecule has 1 aromatic rings. The van der Waals surface area contributed by atoms with Crippen LogP contribution >= 0.6 is 24.0 Å². The number of hydrogen-bond donors (Lipinski definition) is 1. The fraction of sp³-hybridized carbons (Fsp3) is 0.353. The Morgan fingerprint density at radius 2 is 2.12 bits per heavy atom. The molecule has 2 aliphatic rings. The molecule has 3 rings (SSSR count). The van der Waals surface area contributed by atoms with E-state index in [4.69, 9.17) is 22.1 Å². The highest BCUT2D eigenvalue weighted by Crippen LogP contribution is 2.36. The third-order valence-corrected chi connectivity index (χ3v) is 5.36. The molecule has 24 heavy (non-hydrogen) atoms. The maximum absolute atomic E-state index is 12.4. The second kappa shape index (κ2) is 6.94. The van der Waals surface area contributed by atoms with Gasteiger partial charge in [0.15, 0.2) is 0 Å². The van der Waals surface area contributed by atoms with Crippen LogP contribution in [-0.4, -0.2) is 39.4 Å². The molecule has 0 aromatic heterocycles. The third kappa shape index (κ3) is 3.32. The van der Waals surface area contributed by atoms with Gasteiger partial charge in [0.05, 0.1) is 11.5 Å². The summed E-state index contributed by atoms with van der Waals surface area (Å²) in [7, 11) is 0. The van der Waals surface area contributed by atoms with Crippen molar-refractivity contribution < 1.29 is 19.4 Å². The molecular formula is C17H17NO4S2. The Labute approximate surface area is 149 Å². The Kier molecular flexibility index (Phi) is 4.91. The van der Waals surface area contributed by atoms with Crippen molar-refractivity contribution in [3.8, 4) is 5.75 Å². The number of carboxylic acids is 1. The summed E-state index contributed by atoms with van der Waals surface area (Å²) in [5, 5.41) is 8.90. The predicted octanol–water partition coefficient (Wildman–Crippen LogP) is 2.86. The zero-order valence-corrected chi connectivity index (χ0v) is 14.8. The summed E-state index contributed by atoms with van der Waals surface area (Å²) in [5.74, 6) is -0.697. The standard InChI is InChI=1S/C17H17NO4S2/c1-2-22-13-7-11-5-3-4-10(11)6-12(13)8-14-16(21)18(9-15(19)20)17(23)24-14/h6-8H,2-5,9H2,1H3,(H,19,20)/b14-8-. The van der Waals surface area contributed by atoms with Crippen molar-refractivity contribution in [3.05, 3.63) is 33.7 Å². The lowest BCUT2D eigenvalue weighted by Crippen LogP contribution is -2.33. The molecule has 1 saturated heterocycles. The molecule has 0 radical (unpaired) electrons. The summed E-state index contributed by atoms with van der Waals surface area (Å²) < 4.78 is 5.99. The maximum atomic E-state index is 12.4. The minimum absolute atomic E-state index is 0.271. The van der Waals surface area contributed by atoms with Crippen molar-refractivity contribution in [1.82, 2.24) is 4.90 Å². The first-order valence-electron chi connectivity index (χ1n) is 7.75. The number of carboxylic acid groups (broad SMARTS) is 1. The highest BCUT2D eigenvalue weighted by molar-refractivity contribution is 8.26. The lowest BCUT2D eigenvalue weighted by atomic mass is 10.0. The Morgan fingerprint density at radius 1 is 1.42 bits per heavy atom. The summed E-state index contributed by atoms with van der Waals surface area (Å²) in [5.41, 5.74) is 3.42. The number of thiocarbonyl (C=S) groups is 1. The topological polar surface area (TPSA) is 66.8 Å². The lowest BCUT2D eigenvalue weighted by molar-refractivity contribution is -0.140. The van der Waals surface area contributed by atoms with Crippen molar-refractivity contribution >= 4 is 46.3 Å². The number of benzene rings is 1. The van der Waals surface area contributed by atoms with Gasteiger partial charge in [-0.05, 0) is 55.5 Å². The van der Waals surface area contributed by atoms with E-state index in [1.165, 1.54) is 11.1 Å². The monoisotopic (exact) mass is 363 g/mol. The number of fused-ring (bicyclic) bond motifs is 1. The van der Waals surface area contributed by atoms with Gasteiger partial charge in [0.2, 0.25) is 0 Å². The van der Waals surface area contributed by atoms with Gasteiger partial charge in [-0.15, -0.1) is 0 Å². The number of nitrogens with zero attached hydrogens (tertiary/aromatic N) is 1. The van der Waals surface area contributed by atoms with Crippen molar-refractivity contribution in [2.75, 3.05) is 13.2 Å². The first-order valence-corrected chi connectivity index (χ1v) is 8.98. The van der Waals surface area contributed by atoms with E-state index in [0.717, 1.165) is 47.2 Å². The van der Waals surface area contributed by atoms with E-state index < -0.39 is 12.5 Å². The average Bonchev–Trinajstić information content (AvgIpc) is 3.07. The molecule has 1 aliphatic carbocycles. The molecule has 1 fully saturated rings. The number of rotatable bonds is 5. The van der Waals surface area contributed by atoms with E-state index in [-0.39, 0.29) is 10.2 Å². The third-order valence-electron chi connectivity index (χ3n) is 3.98. The van der Waals surface area contributed by atoms with Crippen molar-refractivity contribution in [3.63, 3.8) is 0 Å². The summed E-state index contributed by atoms with van der Waals surface area (Å²) >= 11 is 6.25. The van der Waals surface area contributed by atoms with Crippen LogP contribution in [0.2, 0.25) is 0 Å². The van der Waals surface area contributed by atoms with E-state index in [1.54, 1.807) is 6.08 Å². The number of aliphatic carboxylic acids is 1. The number of carbonyl (C=O) groups is 2. The summed E-state index contributed by atoms with van der Waals surface area (Å²) in [6, 6.07) is 4.12. The van der Waals surface area contributed by atoms with Crippen LogP contribution in [0.15, 0.2) is 17.0 Å². The number of hydrogen-bond acceptors (Lipinski definition) is 5. The molecule has 1 N–H and O–H groups in total. The Balaban J connectivity index is 1.95. The van der Waals surface area contributed by atoms with E-state index >= 15 is 0 Å². The maximum Gasteiger partial charge on any atom is 0.323 e. The Bertz CT molecular complexity index is 757. The van der Waals surface area contributed by atoms with Gasteiger partial charge in [0.1, 0.15) is 16.6 Å². The first kappa shape index (κ1) is 17.0. The second-order valence-corrected chi connectivity index (χ2v) is 7.28. The van der Waals surface area contributed by atoms with Crippen LogP contribution < -0.4 is 4.74 Å². The molecule has 1 aromatic carbocycles. The van der Waals surface area contributed by atoms with Crippen LogP contribution in [0, 0.1) is 0 Å². The molecular weight excluding hydrogens is 346 g/mol. The minimum atomic E-state index is -1.08. The van der Waals surface area contributed by atoms with Crippen molar-refractivity contribution in [2.45, 2.75) is 26.2 Å². The Hall–Kier alpha value is -1.86. The summed E-state index contributed by atoms with van der Waals surface area (Å²) in [6.07, 6.45) is 4.97. The molecule has 1 heterocycles. The lowest BCUT2D eigenvalue weighted by Gasteiger charge is -2.11. The van der Waals surface area contributed by atoms with Gasteiger partial charge in [0, 0.05) is 5.56 Å². The summed E-state index contributed by atoms with van der Waals surface area (Å²) in [4.78, 5) is 24.8. The van der Waals surface area contributed by atoms with Gasteiger partial charge in [0.25, 0.3) is 5.91 Å². The first-order chi connectivity index (χ1) is 11.5. The van der Waals surface area contributed by atoms with Crippen LogP contribution in [0.4, 0.5) is 0 Å². The fourth-order valence-corrected chi connectivity index (χ4v) is 4.17. The van der Waals surface area contributed by atoms with Crippen molar-refractivity contribution in [1.29, 1.82) is 0 Å². The van der Waals surface area contributed by atoms with Crippen LogP contribution in [0.1, 0.15) is 30.0 Å². The highest BCUT2D eigenvalue weighted by atomic mass is 32.2. The molecule has 126 valence electrons. The largest absolute Gasteiger partial charge is 0.493 e. The zero-order valence-electron chi connectivity index (χ0n) is 13.2. The van der Waals surface area contributed by atoms with Gasteiger partial charge in [-0.2, -0.15) is 0 Å². The van der Waals surface area contributed by atoms with Gasteiger partial charge in [-0.3, -0.25) is 14.5 Å². The number of thioether (sulfide) groups is 1. The van der Waals surface area contributed by atoms with Crippen LogP contribution in [0.3, 0.4) is 0 Å². The van der Waals surface area contributed by atoms with Crippen molar-refractivity contribution in [2.24, 2.45) is 0 Å². The molecule has 0 saturated carbocycles. The van der Waals surface area contributed by atoms with E-state index in [0.29, 0.717) is 11.5 Å². The molecule has 0 unspecified atom stereocenters. The summed E-state index contributed by atoms with van der Waals surface area (Å²) in [6.45, 7) is 2.05. The Morgan fingerprint density at radius 3 is 2.79 bits per heavy atom. The van der Waals surface area contributed by atoms with E-state index in [2.05, 4.69) is 12.1 Å². The average molecular weight is 363 g/mol. The molecule has 1 amide bonds. The quantitative estimate of drug-likeness (QED) is 0.641. The molecule has 1 aliphatic heterocycles. The number of amides is 1. The van der Waals surface area contributed by atoms with Crippen LogP contribution in [-0.2, 0) is 22.4 Å². The number of aryl methyl sites for hydroxylation is 2. The van der Waals surface area contributed by atoms with Gasteiger partial charge in [-0.1, -0.05) is 24.0 Å². The zero-order chi connectivity index (χ0) is 17.3. The van der Waals surface area contributed by atoms with Crippen LogP contribution in [0.25, 0.3) is 6.08 Å². The van der Waals surface area contributed by atoms with Crippen LogP contribution in [0.5, 0.6) is 5.75 Å². The number of carbonyl (C=O) groups excluding carboxylic acids is 1. The molecule has 0 bridgehead atoms. The normalized spacial score (nSPS) is 18.4. The second-order valence-electron chi connectivity index (χ2n) is 5.61. The van der Waals surface area contributed by atoms with Gasteiger partial charge < -0.3 is 9.84 Å². The van der Waals surface area contributed by atoms with Gasteiger partial charge >= 0.3 is 5.97 Å². The van der Waals surface area contributed by atoms with E-state index in [1.807, 2.05) is 6.92 Å². The fourth-order valence-electron chi connectivity index (χ4n) is 2.93. The smallest absolute Gasteiger partial charge is 0.323 e. The molecule has 5 nitrogen and oxygen atoms in total. The molecule has 7 heteroatoms.